The minimum atomic E-state index is 0.0965. The van der Waals surface area contributed by atoms with Crippen molar-refractivity contribution in [2.75, 3.05) is 0 Å². The SMILES string of the molecule is Oc1ccc(-n2nc3ccc(O)cc3c2Br)c(Cl)c1. The molecular weight excluding hydrogens is 332 g/mol. The highest BCUT2D eigenvalue weighted by Gasteiger charge is 2.13. The summed E-state index contributed by atoms with van der Waals surface area (Å²) in [7, 11) is 0. The van der Waals surface area contributed by atoms with Crippen molar-refractivity contribution in [3.63, 3.8) is 0 Å². The van der Waals surface area contributed by atoms with Crippen molar-refractivity contribution in [2.45, 2.75) is 0 Å². The lowest BCUT2D eigenvalue weighted by Crippen LogP contribution is -1.97. The van der Waals surface area contributed by atoms with Gasteiger partial charge in [-0.15, -0.1) is 0 Å². The lowest BCUT2D eigenvalue weighted by atomic mass is 10.2. The lowest BCUT2D eigenvalue weighted by molar-refractivity contribution is 0.475. The molecule has 2 N–H and O–H groups in total. The van der Waals surface area contributed by atoms with Gasteiger partial charge in [0.05, 0.1) is 16.2 Å². The van der Waals surface area contributed by atoms with Crippen LogP contribution in [-0.4, -0.2) is 20.0 Å². The van der Waals surface area contributed by atoms with Gasteiger partial charge in [0.25, 0.3) is 0 Å². The molecule has 19 heavy (non-hydrogen) atoms. The number of benzene rings is 2. The zero-order chi connectivity index (χ0) is 13.6. The number of aromatic hydroxyl groups is 2. The predicted molar refractivity (Wildman–Crippen MR) is 77.1 cm³/mol. The third-order valence-electron chi connectivity index (χ3n) is 2.76. The average molecular weight is 340 g/mol. The first-order valence-corrected chi connectivity index (χ1v) is 6.59. The van der Waals surface area contributed by atoms with Crippen LogP contribution >= 0.6 is 27.5 Å². The fraction of sp³-hybridized carbons (Fsp3) is 0. The molecule has 3 rings (SSSR count). The first-order chi connectivity index (χ1) is 9.06. The topological polar surface area (TPSA) is 58.3 Å². The predicted octanol–water partition coefficient (Wildman–Crippen LogP) is 3.85. The average Bonchev–Trinajstić information content (AvgIpc) is 2.67. The maximum atomic E-state index is 9.51. The molecule has 4 nitrogen and oxygen atoms in total. The molecule has 0 bridgehead atoms. The van der Waals surface area contributed by atoms with Gasteiger partial charge in [-0.25, -0.2) is 4.68 Å². The summed E-state index contributed by atoms with van der Waals surface area (Å²) in [6.07, 6.45) is 0. The van der Waals surface area contributed by atoms with Gasteiger partial charge in [-0.2, -0.15) is 5.10 Å². The maximum Gasteiger partial charge on any atom is 0.118 e. The van der Waals surface area contributed by atoms with Crippen molar-refractivity contribution in [1.29, 1.82) is 0 Å². The van der Waals surface area contributed by atoms with Gasteiger partial charge < -0.3 is 10.2 Å². The number of hydrogen-bond donors (Lipinski definition) is 2. The molecule has 0 unspecified atom stereocenters. The summed E-state index contributed by atoms with van der Waals surface area (Å²) >= 11 is 9.55. The van der Waals surface area contributed by atoms with E-state index in [1.54, 1.807) is 28.9 Å². The second-order valence-electron chi connectivity index (χ2n) is 4.04. The Balaban J connectivity index is 2.28. The van der Waals surface area contributed by atoms with Gasteiger partial charge >= 0.3 is 0 Å². The van der Waals surface area contributed by atoms with E-state index in [-0.39, 0.29) is 11.5 Å². The van der Waals surface area contributed by atoms with E-state index < -0.39 is 0 Å². The standard InChI is InChI=1S/C13H8BrClN2O2/c14-13-9-5-7(18)1-3-11(9)16-17(13)12-4-2-8(19)6-10(12)15/h1-6,18-19H. The van der Waals surface area contributed by atoms with Crippen LogP contribution in [0.5, 0.6) is 11.5 Å². The van der Waals surface area contributed by atoms with Crippen LogP contribution in [-0.2, 0) is 0 Å². The molecule has 0 aliphatic heterocycles. The summed E-state index contributed by atoms with van der Waals surface area (Å²) in [6.45, 7) is 0. The van der Waals surface area contributed by atoms with E-state index in [0.29, 0.717) is 15.3 Å². The molecule has 0 atom stereocenters. The Labute approximate surface area is 122 Å². The second-order valence-corrected chi connectivity index (χ2v) is 5.20. The molecular formula is C13H8BrClN2O2. The van der Waals surface area contributed by atoms with Crippen molar-refractivity contribution in [3.8, 4) is 17.2 Å². The molecule has 6 heteroatoms. The molecule has 2 aromatic carbocycles. The Kier molecular flexibility index (Phi) is 2.88. The maximum absolute atomic E-state index is 9.51. The minimum absolute atomic E-state index is 0.0965. The summed E-state index contributed by atoms with van der Waals surface area (Å²) in [6, 6.07) is 9.58. The summed E-state index contributed by atoms with van der Waals surface area (Å²) < 4.78 is 2.30. The fourth-order valence-corrected chi connectivity index (χ4v) is 2.71. The highest BCUT2D eigenvalue weighted by Crippen LogP contribution is 2.32. The molecule has 1 heterocycles. The fourth-order valence-electron chi connectivity index (χ4n) is 1.87. The van der Waals surface area contributed by atoms with E-state index in [1.807, 2.05) is 0 Å². The molecule has 0 aliphatic carbocycles. The number of aromatic nitrogens is 2. The number of rotatable bonds is 1. The van der Waals surface area contributed by atoms with Crippen LogP contribution in [0.25, 0.3) is 16.6 Å². The molecule has 1 aromatic heterocycles. The van der Waals surface area contributed by atoms with E-state index in [9.17, 15) is 10.2 Å². The van der Waals surface area contributed by atoms with Crippen LogP contribution in [0.4, 0.5) is 0 Å². The van der Waals surface area contributed by atoms with Crippen LogP contribution in [0, 0.1) is 0 Å². The molecule has 0 saturated carbocycles. The third kappa shape index (κ3) is 2.05. The molecule has 0 amide bonds. The first kappa shape index (κ1) is 12.3. The Morgan fingerprint density at radius 2 is 1.74 bits per heavy atom. The second kappa shape index (κ2) is 4.43. The molecule has 0 spiro atoms. The van der Waals surface area contributed by atoms with Crippen molar-refractivity contribution in [3.05, 3.63) is 46.0 Å². The van der Waals surface area contributed by atoms with E-state index >= 15 is 0 Å². The number of phenolic OH excluding ortho intramolecular Hbond substituents is 2. The van der Waals surface area contributed by atoms with Crippen LogP contribution in [0.3, 0.4) is 0 Å². The van der Waals surface area contributed by atoms with Gasteiger partial charge in [0.15, 0.2) is 0 Å². The van der Waals surface area contributed by atoms with Gasteiger partial charge in [-0.1, -0.05) is 11.6 Å². The monoisotopic (exact) mass is 338 g/mol. The van der Waals surface area contributed by atoms with E-state index in [1.165, 1.54) is 12.1 Å². The van der Waals surface area contributed by atoms with Crippen molar-refractivity contribution in [1.82, 2.24) is 9.78 Å². The lowest BCUT2D eigenvalue weighted by Gasteiger charge is -2.05. The van der Waals surface area contributed by atoms with Crippen LogP contribution in [0.2, 0.25) is 5.02 Å². The Hall–Kier alpha value is -1.72. The zero-order valence-corrected chi connectivity index (χ0v) is 11.9. The summed E-state index contributed by atoms with van der Waals surface area (Å²) in [5.41, 5.74) is 1.37. The van der Waals surface area contributed by atoms with Crippen molar-refractivity contribution < 1.29 is 10.2 Å². The molecule has 96 valence electrons. The molecule has 3 aromatic rings. The third-order valence-corrected chi connectivity index (χ3v) is 3.82. The van der Waals surface area contributed by atoms with Gasteiger partial charge in [0.2, 0.25) is 0 Å². The highest BCUT2D eigenvalue weighted by molar-refractivity contribution is 9.10. The Bertz CT molecular complexity index is 786. The number of halogens is 2. The Morgan fingerprint density at radius 1 is 1.05 bits per heavy atom. The largest absolute Gasteiger partial charge is 0.508 e. The quantitative estimate of drug-likeness (QED) is 0.708. The zero-order valence-electron chi connectivity index (χ0n) is 9.51. The van der Waals surface area contributed by atoms with Gasteiger partial charge in [-0.3, -0.25) is 0 Å². The highest BCUT2D eigenvalue weighted by atomic mass is 79.9. The van der Waals surface area contributed by atoms with Gasteiger partial charge in [0.1, 0.15) is 16.1 Å². The summed E-state index contributed by atoms with van der Waals surface area (Å²) in [5.74, 6) is 0.267. The van der Waals surface area contributed by atoms with Gasteiger partial charge in [0, 0.05) is 11.5 Å². The molecule has 0 aliphatic rings. The van der Waals surface area contributed by atoms with E-state index in [4.69, 9.17) is 11.6 Å². The van der Waals surface area contributed by atoms with E-state index in [2.05, 4.69) is 21.0 Å². The van der Waals surface area contributed by atoms with Crippen LogP contribution in [0.1, 0.15) is 0 Å². The smallest absolute Gasteiger partial charge is 0.118 e. The van der Waals surface area contributed by atoms with Crippen molar-refractivity contribution in [2.24, 2.45) is 0 Å². The molecule has 0 saturated heterocycles. The number of fused-ring (bicyclic) bond motifs is 1. The van der Waals surface area contributed by atoms with Crippen molar-refractivity contribution >= 4 is 38.4 Å². The van der Waals surface area contributed by atoms with Gasteiger partial charge in [-0.05, 0) is 46.3 Å². The minimum Gasteiger partial charge on any atom is -0.508 e. The number of nitrogens with zero attached hydrogens (tertiary/aromatic N) is 2. The number of phenols is 2. The van der Waals surface area contributed by atoms with E-state index in [0.717, 1.165) is 10.9 Å². The normalized spacial score (nSPS) is 11.1. The summed E-state index contributed by atoms with van der Waals surface area (Å²) in [4.78, 5) is 0. The molecule has 0 fully saturated rings. The first-order valence-electron chi connectivity index (χ1n) is 5.42. The van der Waals surface area contributed by atoms with Crippen LogP contribution < -0.4 is 0 Å². The Morgan fingerprint density at radius 3 is 2.47 bits per heavy atom. The molecule has 0 radical (unpaired) electrons. The number of hydrogen-bond acceptors (Lipinski definition) is 3. The summed E-state index contributed by atoms with van der Waals surface area (Å²) in [5, 5.41) is 24.5. The van der Waals surface area contributed by atoms with Crippen LogP contribution in [0.15, 0.2) is 41.0 Å².